The topological polar surface area (TPSA) is 38.0 Å². The SMILES string of the molecule is O[C@]1(C#Cc2cccc(Cl)c2)CCC[C@@H](n2ccnc2)C1. The highest BCUT2D eigenvalue weighted by molar-refractivity contribution is 6.30. The monoisotopic (exact) mass is 300 g/mol. The average Bonchev–Trinajstić information content (AvgIpc) is 3.00. The molecule has 1 fully saturated rings. The summed E-state index contributed by atoms with van der Waals surface area (Å²) in [6, 6.07) is 7.66. The van der Waals surface area contributed by atoms with Crippen LogP contribution in [0.1, 0.15) is 37.3 Å². The van der Waals surface area contributed by atoms with Crippen LogP contribution >= 0.6 is 11.6 Å². The van der Waals surface area contributed by atoms with Crippen LogP contribution in [0.25, 0.3) is 0 Å². The Labute approximate surface area is 129 Å². The highest BCUT2D eigenvalue weighted by Crippen LogP contribution is 2.35. The quantitative estimate of drug-likeness (QED) is 0.819. The number of hydrogen-bond donors (Lipinski definition) is 1. The van der Waals surface area contributed by atoms with Crippen LogP contribution in [0.5, 0.6) is 0 Å². The fraction of sp³-hybridized carbons (Fsp3) is 0.353. The fourth-order valence-electron chi connectivity index (χ4n) is 2.83. The molecule has 3 nitrogen and oxygen atoms in total. The molecule has 1 N–H and O–H groups in total. The summed E-state index contributed by atoms with van der Waals surface area (Å²) < 4.78 is 2.06. The van der Waals surface area contributed by atoms with Gasteiger partial charge in [-0.05, 0) is 37.5 Å². The van der Waals surface area contributed by atoms with Crippen LogP contribution in [0.3, 0.4) is 0 Å². The molecule has 0 unspecified atom stereocenters. The number of aromatic nitrogens is 2. The maximum absolute atomic E-state index is 10.7. The summed E-state index contributed by atoms with van der Waals surface area (Å²) in [7, 11) is 0. The van der Waals surface area contributed by atoms with E-state index in [-0.39, 0.29) is 6.04 Å². The second-order valence-electron chi connectivity index (χ2n) is 5.55. The summed E-state index contributed by atoms with van der Waals surface area (Å²) in [4.78, 5) is 4.08. The Balaban J connectivity index is 1.78. The van der Waals surface area contributed by atoms with Crippen molar-refractivity contribution in [3.8, 4) is 11.8 Å². The standard InChI is InChI=1S/C17H17ClN2O/c18-15-4-1-3-14(11-15)6-8-17(21)7-2-5-16(12-17)20-10-9-19-13-20/h1,3-4,9-11,13,16,21H,2,5,7,12H2/t16-,17+/m1/s1. The first-order chi connectivity index (χ1) is 10.1. The third-order valence-electron chi connectivity index (χ3n) is 3.91. The third-order valence-corrected chi connectivity index (χ3v) is 4.15. The van der Waals surface area contributed by atoms with Gasteiger partial charge >= 0.3 is 0 Å². The molecule has 3 rings (SSSR count). The number of imidazole rings is 1. The van der Waals surface area contributed by atoms with Crippen LogP contribution in [0.2, 0.25) is 5.02 Å². The predicted octanol–water partition coefficient (Wildman–Crippen LogP) is 3.43. The summed E-state index contributed by atoms with van der Waals surface area (Å²) in [5, 5.41) is 11.4. The van der Waals surface area contributed by atoms with Gasteiger partial charge in [0.15, 0.2) is 0 Å². The third kappa shape index (κ3) is 3.47. The van der Waals surface area contributed by atoms with Gasteiger partial charge in [-0.15, -0.1) is 0 Å². The molecule has 2 aromatic rings. The zero-order valence-corrected chi connectivity index (χ0v) is 12.4. The molecule has 4 heteroatoms. The fourth-order valence-corrected chi connectivity index (χ4v) is 3.02. The smallest absolute Gasteiger partial charge is 0.127 e. The van der Waals surface area contributed by atoms with Crippen LogP contribution in [-0.4, -0.2) is 20.3 Å². The molecule has 1 saturated carbocycles. The lowest BCUT2D eigenvalue weighted by atomic mass is 9.82. The Morgan fingerprint density at radius 2 is 2.33 bits per heavy atom. The molecule has 108 valence electrons. The molecule has 2 atom stereocenters. The lowest BCUT2D eigenvalue weighted by Crippen LogP contribution is -2.34. The van der Waals surface area contributed by atoms with Crippen molar-refractivity contribution in [1.29, 1.82) is 0 Å². The molecule has 1 aliphatic carbocycles. The van der Waals surface area contributed by atoms with E-state index in [4.69, 9.17) is 11.6 Å². The van der Waals surface area contributed by atoms with E-state index in [0.29, 0.717) is 17.9 Å². The Morgan fingerprint density at radius 1 is 1.43 bits per heavy atom. The van der Waals surface area contributed by atoms with E-state index < -0.39 is 5.60 Å². The van der Waals surface area contributed by atoms with E-state index in [1.807, 2.05) is 30.5 Å². The van der Waals surface area contributed by atoms with E-state index in [1.165, 1.54) is 0 Å². The number of halogens is 1. The Bertz CT molecular complexity index is 672. The van der Waals surface area contributed by atoms with E-state index in [1.54, 1.807) is 12.5 Å². The van der Waals surface area contributed by atoms with Gasteiger partial charge in [-0.25, -0.2) is 4.98 Å². The van der Waals surface area contributed by atoms with Crippen LogP contribution in [0, 0.1) is 11.8 Å². The molecule has 0 radical (unpaired) electrons. The predicted molar refractivity (Wildman–Crippen MR) is 83.0 cm³/mol. The van der Waals surface area contributed by atoms with Crippen LogP contribution in [0.4, 0.5) is 0 Å². The van der Waals surface area contributed by atoms with Gasteiger partial charge in [-0.3, -0.25) is 0 Å². The molecule has 1 aliphatic rings. The van der Waals surface area contributed by atoms with Gasteiger partial charge in [0.05, 0.1) is 6.33 Å². The van der Waals surface area contributed by atoms with Gasteiger partial charge in [-0.1, -0.05) is 29.5 Å². The van der Waals surface area contributed by atoms with Crippen molar-refractivity contribution in [3.63, 3.8) is 0 Å². The van der Waals surface area contributed by atoms with Gasteiger partial charge in [-0.2, -0.15) is 0 Å². The van der Waals surface area contributed by atoms with Gasteiger partial charge < -0.3 is 9.67 Å². The minimum atomic E-state index is -0.935. The molecule has 1 aromatic heterocycles. The van der Waals surface area contributed by atoms with Gasteiger partial charge in [0.1, 0.15) is 5.60 Å². The van der Waals surface area contributed by atoms with Crippen molar-refractivity contribution in [2.24, 2.45) is 0 Å². The highest BCUT2D eigenvalue weighted by atomic mass is 35.5. The molecule has 0 aliphatic heterocycles. The molecule has 0 bridgehead atoms. The van der Waals surface area contributed by atoms with Gasteiger partial charge in [0.2, 0.25) is 0 Å². The molecule has 0 saturated heterocycles. The Hall–Kier alpha value is -1.76. The number of aliphatic hydroxyl groups is 1. The van der Waals surface area contributed by atoms with E-state index in [0.717, 1.165) is 18.4 Å². The minimum Gasteiger partial charge on any atom is -0.378 e. The summed E-state index contributed by atoms with van der Waals surface area (Å²) in [6.45, 7) is 0. The molecule has 21 heavy (non-hydrogen) atoms. The normalized spacial score (nSPS) is 25.1. The summed E-state index contributed by atoms with van der Waals surface area (Å²) in [5.74, 6) is 6.10. The molecule has 0 spiro atoms. The van der Waals surface area contributed by atoms with Crippen molar-refractivity contribution in [2.45, 2.75) is 37.3 Å². The first-order valence-electron chi connectivity index (χ1n) is 7.13. The summed E-state index contributed by atoms with van der Waals surface area (Å²) in [5.41, 5.74) is -0.101. The molecular weight excluding hydrogens is 284 g/mol. The number of rotatable bonds is 1. The number of benzene rings is 1. The second kappa shape index (κ2) is 5.93. The van der Waals surface area contributed by atoms with Gasteiger partial charge in [0, 0.05) is 35.4 Å². The first kappa shape index (κ1) is 14.2. The highest BCUT2D eigenvalue weighted by Gasteiger charge is 2.33. The minimum absolute atomic E-state index is 0.264. The first-order valence-corrected chi connectivity index (χ1v) is 7.51. The lowest BCUT2D eigenvalue weighted by molar-refractivity contribution is 0.0398. The largest absolute Gasteiger partial charge is 0.378 e. The lowest BCUT2D eigenvalue weighted by Gasteiger charge is -2.33. The van der Waals surface area contributed by atoms with E-state index in [9.17, 15) is 5.11 Å². The maximum Gasteiger partial charge on any atom is 0.127 e. The zero-order chi connectivity index (χ0) is 14.7. The van der Waals surface area contributed by atoms with Crippen LogP contribution < -0.4 is 0 Å². The van der Waals surface area contributed by atoms with Crippen molar-refractivity contribution in [3.05, 3.63) is 53.6 Å². The molecular formula is C17H17ClN2O. The van der Waals surface area contributed by atoms with Crippen molar-refractivity contribution < 1.29 is 5.11 Å². The molecule has 0 amide bonds. The average molecular weight is 301 g/mol. The number of hydrogen-bond acceptors (Lipinski definition) is 2. The zero-order valence-electron chi connectivity index (χ0n) is 11.7. The van der Waals surface area contributed by atoms with Crippen molar-refractivity contribution >= 4 is 11.6 Å². The maximum atomic E-state index is 10.7. The Morgan fingerprint density at radius 3 is 3.10 bits per heavy atom. The van der Waals surface area contributed by atoms with Crippen LogP contribution in [0.15, 0.2) is 43.0 Å². The Kier molecular flexibility index (Phi) is 4.01. The molecule has 1 heterocycles. The van der Waals surface area contributed by atoms with E-state index in [2.05, 4.69) is 21.4 Å². The van der Waals surface area contributed by atoms with Crippen LogP contribution in [-0.2, 0) is 0 Å². The van der Waals surface area contributed by atoms with E-state index >= 15 is 0 Å². The van der Waals surface area contributed by atoms with Crippen molar-refractivity contribution in [2.75, 3.05) is 0 Å². The molecule has 1 aromatic carbocycles. The summed E-state index contributed by atoms with van der Waals surface area (Å²) >= 11 is 5.95. The van der Waals surface area contributed by atoms with Crippen molar-refractivity contribution in [1.82, 2.24) is 9.55 Å². The second-order valence-corrected chi connectivity index (χ2v) is 5.99. The van der Waals surface area contributed by atoms with Gasteiger partial charge in [0.25, 0.3) is 0 Å². The number of nitrogens with zero attached hydrogens (tertiary/aromatic N) is 2. The summed E-state index contributed by atoms with van der Waals surface area (Å²) in [6.07, 6.45) is 8.89.